The highest BCUT2D eigenvalue weighted by Gasteiger charge is 2.04. The molecule has 84 valence electrons. The topological polar surface area (TPSA) is 32.3 Å². The van der Waals surface area contributed by atoms with E-state index in [4.69, 9.17) is 5.11 Å². The van der Waals surface area contributed by atoms with Gasteiger partial charge in [-0.25, -0.2) is 8.78 Å². The van der Waals surface area contributed by atoms with Gasteiger partial charge in [-0.1, -0.05) is 13.0 Å². The van der Waals surface area contributed by atoms with Crippen LogP contribution in [0, 0.1) is 17.6 Å². The van der Waals surface area contributed by atoms with E-state index in [1.165, 1.54) is 12.1 Å². The van der Waals surface area contributed by atoms with Gasteiger partial charge in [-0.2, -0.15) is 0 Å². The lowest BCUT2D eigenvalue weighted by Crippen LogP contribution is -2.23. The van der Waals surface area contributed by atoms with Gasteiger partial charge in [-0.15, -0.1) is 0 Å². The molecule has 0 saturated heterocycles. The summed E-state index contributed by atoms with van der Waals surface area (Å²) in [5, 5.41) is 11.7. The lowest BCUT2D eigenvalue weighted by atomic mass is 10.1. The number of aliphatic hydroxyl groups excluding tert-OH is 1. The largest absolute Gasteiger partial charge is 0.396 e. The Morgan fingerprint density at radius 3 is 2.73 bits per heavy atom. The van der Waals surface area contributed by atoms with Crippen LogP contribution in [-0.4, -0.2) is 18.3 Å². The van der Waals surface area contributed by atoms with Crippen molar-refractivity contribution >= 4 is 0 Å². The molecule has 0 heterocycles. The van der Waals surface area contributed by atoms with Crippen LogP contribution < -0.4 is 5.32 Å². The second-order valence-electron chi connectivity index (χ2n) is 3.65. The molecule has 1 aromatic rings. The van der Waals surface area contributed by atoms with Crippen LogP contribution in [0.2, 0.25) is 0 Å². The molecule has 0 aliphatic rings. The normalized spacial score (nSPS) is 12.8. The molecule has 0 bridgehead atoms. The van der Waals surface area contributed by atoms with E-state index in [2.05, 4.69) is 5.32 Å². The highest BCUT2D eigenvalue weighted by Crippen LogP contribution is 2.09. The molecule has 0 amide bonds. The Labute approximate surface area is 87.9 Å². The second-order valence-corrected chi connectivity index (χ2v) is 3.65. The van der Waals surface area contributed by atoms with Gasteiger partial charge in [0.2, 0.25) is 0 Å². The summed E-state index contributed by atoms with van der Waals surface area (Å²) in [5.74, 6) is -0.979. The van der Waals surface area contributed by atoms with E-state index in [1.54, 1.807) is 0 Å². The van der Waals surface area contributed by atoms with Gasteiger partial charge in [0.25, 0.3) is 0 Å². The first-order chi connectivity index (χ1) is 7.13. The molecule has 0 radical (unpaired) electrons. The average molecular weight is 215 g/mol. The summed E-state index contributed by atoms with van der Waals surface area (Å²) in [7, 11) is 0. The fourth-order valence-corrected chi connectivity index (χ4v) is 1.18. The first kappa shape index (κ1) is 12.1. The number of nitrogens with one attached hydrogen (secondary N) is 1. The van der Waals surface area contributed by atoms with Gasteiger partial charge in [0.05, 0.1) is 0 Å². The zero-order valence-electron chi connectivity index (χ0n) is 8.63. The number of benzene rings is 1. The Morgan fingerprint density at radius 1 is 1.40 bits per heavy atom. The summed E-state index contributed by atoms with van der Waals surface area (Å²) in [5.41, 5.74) is 0.432. The Bertz CT molecular complexity index is 317. The minimum atomic E-state index is -0.569. The minimum absolute atomic E-state index is 0.0961. The van der Waals surface area contributed by atoms with Crippen molar-refractivity contribution in [2.24, 2.45) is 5.92 Å². The summed E-state index contributed by atoms with van der Waals surface area (Å²) >= 11 is 0. The molecule has 2 nitrogen and oxygen atoms in total. The fraction of sp³-hybridized carbons (Fsp3) is 0.455. The number of rotatable bonds is 5. The molecular weight excluding hydrogens is 200 g/mol. The van der Waals surface area contributed by atoms with Crippen LogP contribution in [0.5, 0.6) is 0 Å². The highest BCUT2D eigenvalue weighted by atomic mass is 19.1. The van der Waals surface area contributed by atoms with Crippen LogP contribution in [0.25, 0.3) is 0 Å². The second kappa shape index (κ2) is 5.78. The Balaban J connectivity index is 2.44. The molecule has 15 heavy (non-hydrogen) atoms. The molecule has 0 fully saturated rings. The van der Waals surface area contributed by atoms with Gasteiger partial charge >= 0.3 is 0 Å². The molecular formula is C11H15F2NO. The number of hydrogen-bond acceptors (Lipinski definition) is 2. The Morgan fingerprint density at radius 2 is 2.13 bits per heavy atom. The van der Waals surface area contributed by atoms with Gasteiger partial charge in [0, 0.05) is 31.3 Å². The summed E-state index contributed by atoms with van der Waals surface area (Å²) in [6, 6.07) is 3.52. The summed E-state index contributed by atoms with van der Waals surface area (Å²) in [6.45, 7) is 2.93. The molecule has 0 aliphatic carbocycles. The van der Waals surface area contributed by atoms with Gasteiger partial charge in [0.15, 0.2) is 0 Å². The summed E-state index contributed by atoms with van der Waals surface area (Å²) < 4.78 is 25.7. The molecule has 1 unspecified atom stereocenters. The molecule has 1 atom stereocenters. The van der Waals surface area contributed by atoms with Crippen molar-refractivity contribution in [2.45, 2.75) is 13.5 Å². The zero-order chi connectivity index (χ0) is 11.3. The number of hydrogen-bond donors (Lipinski definition) is 2. The third kappa shape index (κ3) is 3.93. The van der Waals surface area contributed by atoms with Crippen molar-refractivity contribution in [1.82, 2.24) is 5.32 Å². The molecule has 0 saturated carbocycles. The van der Waals surface area contributed by atoms with Crippen molar-refractivity contribution in [2.75, 3.05) is 13.2 Å². The first-order valence-corrected chi connectivity index (χ1v) is 4.89. The third-order valence-corrected chi connectivity index (χ3v) is 2.14. The van der Waals surface area contributed by atoms with Crippen molar-refractivity contribution in [3.8, 4) is 0 Å². The van der Waals surface area contributed by atoms with Crippen LogP contribution >= 0.6 is 0 Å². The van der Waals surface area contributed by atoms with E-state index < -0.39 is 11.6 Å². The van der Waals surface area contributed by atoms with E-state index >= 15 is 0 Å². The Hall–Kier alpha value is -1.00. The van der Waals surface area contributed by atoms with Crippen LogP contribution in [0.4, 0.5) is 8.78 Å². The maximum absolute atomic E-state index is 13.1. The van der Waals surface area contributed by atoms with Crippen LogP contribution in [0.1, 0.15) is 12.5 Å². The SMILES string of the molecule is CC(CO)CNCc1ccc(F)cc1F. The molecule has 4 heteroatoms. The number of aliphatic hydroxyl groups is 1. The van der Waals surface area contributed by atoms with Crippen molar-refractivity contribution < 1.29 is 13.9 Å². The van der Waals surface area contributed by atoms with Crippen LogP contribution in [0.3, 0.4) is 0 Å². The van der Waals surface area contributed by atoms with E-state index in [-0.39, 0.29) is 12.5 Å². The summed E-state index contributed by atoms with van der Waals surface area (Å²) in [6.07, 6.45) is 0. The van der Waals surface area contributed by atoms with E-state index in [0.29, 0.717) is 18.7 Å². The lowest BCUT2D eigenvalue weighted by Gasteiger charge is -2.09. The predicted molar refractivity (Wildman–Crippen MR) is 54.3 cm³/mol. The van der Waals surface area contributed by atoms with Crippen LogP contribution in [-0.2, 0) is 6.54 Å². The molecule has 0 aromatic heterocycles. The van der Waals surface area contributed by atoms with Gasteiger partial charge in [-0.05, 0) is 12.0 Å². The minimum Gasteiger partial charge on any atom is -0.396 e. The van der Waals surface area contributed by atoms with E-state index in [0.717, 1.165) is 6.07 Å². The summed E-state index contributed by atoms with van der Waals surface area (Å²) in [4.78, 5) is 0. The quantitative estimate of drug-likeness (QED) is 0.783. The molecule has 2 N–H and O–H groups in total. The molecule has 0 aliphatic heterocycles. The zero-order valence-corrected chi connectivity index (χ0v) is 8.63. The molecule has 0 spiro atoms. The smallest absolute Gasteiger partial charge is 0.130 e. The fourth-order valence-electron chi connectivity index (χ4n) is 1.18. The third-order valence-electron chi connectivity index (χ3n) is 2.14. The van der Waals surface area contributed by atoms with Gasteiger partial charge < -0.3 is 10.4 Å². The maximum Gasteiger partial charge on any atom is 0.130 e. The van der Waals surface area contributed by atoms with Crippen molar-refractivity contribution in [3.05, 3.63) is 35.4 Å². The molecule has 1 rings (SSSR count). The lowest BCUT2D eigenvalue weighted by molar-refractivity contribution is 0.233. The highest BCUT2D eigenvalue weighted by molar-refractivity contribution is 5.18. The van der Waals surface area contributed by atoms with Crippen molar-refractivity contribution in [1.29, 1.82) is 0 Å². The van der Waals surface area contributed by atoms with Crippen LogP contribution in [0.15, 0.2) is 18.2 Å². The number of halogens is 2. The standard InChI is InChI=1S/C11H15F2NO/c1-8(7-15)5-14-6-9-2-3-10(12)4-11(9)13/h2-4,8,14-15H,5-7H2,1H3. The van der Waals surface area contributed by atoms with Gasteiger partial charge in [0.1, 0.15) is 11.6 Å². The van der Waals surface area contributed by atoms with Gasteiger partial charge in [-0.3, -0.25) is 0 Å². The predicted octanol–water partition coefficient (Wildman–Crippen LogP) is 1.68. The maximum atomic E-state index is 13.1. The van der Waals surface area contributed by atoms with E-state index in [1.807, 2.05) is 6.92 Å². The monoisotopic (exact) mass is 215 g/mol. The molecule has 1 aromatic carbocycles. The Kier molecular flexibility index (Phi) is 4.65. The van der Waals surface area contributed by atoms with Crippen molar-refractivity contribution in [3.63, 3.8) is 0 Å². The van der Waals surface area contributed by atoms with E-state index in [9.17, 15) is 8.78 Å². The first-order valence-electron chi connectivity index (χ1n) is 4.89. The average Bonchev–Trinajstić information content (AvgIpc) is 2.21.